The Morgan fingerprint density at radius 3 is 2.40 bits per heavy atom. The average molecular weight is 272 g/mol. The molecular weight excluding hydrogens is 254 g/mol. The highest BCUT2D eigenvalue weighted by Gasteiger charge is 2.17. The lowest BCUT2D eigenvalue weighted by Gasteiger charge is -2.29. The highest BCUT2D eigenvalue weighted by molar-refractivity contribution is 9.10. The Bertz CT molecular complexity index is 338. The number of nitrogens with zero attached hydrogens (tertiary/aromatic N) is 1. The van der Waals surface area contributed by atoms with Gasteiger partial charge in [-0.1, -0.05) is 15.9 Å². The minimum atomic E-state index is 0.211. The summed E-state index contributed by atoms with van der Waals surface area (Å²) in [6, 6.07) is 6.21. The second-order valence-corrected chi connectivity index (χ2v) is 5.05. The Hall–Kier alpha value is -0.540. The molecule has 1 unspecified atom stereocenters. The number of rotatable bonds is 3. The molecule has 15 heavy (non-hydrogen) atoms. The molecule has 1 aromatic rings. The fraction of sp³-hybridized carbons (Fsp3) is 0.500. The van der Waals surface area contributed by atoms with Crippen LogP contribution >= 0.6 is 15.9 Å². The number of aromatic hydroxyl groups is 1. The highest BCUT2D eigenvalue weighted by atomic mass is 79.9. The van der Waals surface area contributed by atoms with Crippen LogP contribution in [0.4, 0.5) is 0 Å². The Balaban J connectivity index is 2.99. The van der Waals surface area contributed by atoms with Crippen LogP contribution in [-0.2, 0) is 0 Å². The zero-order chi connectivity index (χ0) is 11.6. The van der Waals surface area contributed by atoms with Gasteiger partial charge in [-0.3, -0.25) is 4.90 Å². The van der Waals surface area contributed by atoms with Gasteiger partial charge in [0.1, 0.15) is 5.75 Å². The topological polar surface area (TPSA) is 23.5 Å². The summed E-state index contributed by atoms with van der Waals surface area (Å²) in [5, 5.41) is 9.79. The Labute approximate surface area is 100 Å². The van der Waals surface area contributed by atoms with Crippen molar-refractivity contribution in [2.24, 2.45) is 0 Å². The fourth-order valence-electron chi connectivity index (χ4n) is 1.53. The number of halogens is 1. The van der Waals surface area contributed by atoms with Crippen molar-refractivity contribution in [3.8, 4) is 5.75 Å². The first kappa shape index (κ1) is 12.5. The van der Waals surface area contributed by atoms with Crippen LogP contribution in [0.2, 0.25) is 0 Å². The van der Waals surface area contributed by atoms with Gasteiger partial charge in [0.15, 0.2) is 0 Å². The van der Waals surface area contributed by atoms with E-state index in [0.29, 0.717) is 11.8 Å². The molecule has 1 atom stereocenters. The molecule has 0 aromatic heterocycles. The van der Waals surface area contributed by atoms with Crippen LogP contribution in [0.5, 0.6) is 5.75 Å². The monoisotopic (exact) mass is 271 g/mol. The molecule has 0 spiro atoms. The molecule has 0 amide bonds. The second kappa shape index (κ2) is 4.99. The standard InChI is InChI=1S/C12H18BrNO/c1-8(2)14(4)9(3)11-7-10(13)5-6-12(11)15/h5-9,15H,1-4H3. The van der Waals surface area contributed by atoms with E-state index in [1.807, 2.05) is 12.1 Å². The van der Waals surface area contributed by atoms with Crippen LogP contribution < -0.4 is 0 Å². The molecule has 0 fully saturated rings. The van der Waals surface area contributed by atoms with Gasteiger partial charge in [-0.15, -0.1) is 0 Å². The summed E-state index contributed by atoms with van der Waals surface area (Å²) in [5.74, 6) is 0.359. The third kappa shape index (κ3) is 2.95. The van der Waals surface area contributed by atoms with E-state index in [0.717, 1.165) is 10.0 Å². The second-order valence-electron chi connectivity index (χ2n) is 4.14. The summed E-state index contributed by atoms with van der Waals surface area (Å²) >= 11 is 3.42. The first-order chi connectivity index (χ1) is 6.93. The molecule has 0 aliphatic rings. The quantitative estimate of drug-likeness (QED) is 0.909. The van der Waals surface area contributed by atoms with Crippen molar-refractivity contribution in [2.75, 3.05) is 7.05 Å². The predicted molar refractivity (Wildman–Crippen MR) is 67.1 cm³/mol. The minimum absolute atomic E-state index is 0.211. The van der Waals surface area contributed by atoms with Gasteiger partial charge in [-0.2, -0.15) is 0 Å². The van der Waals surface area contributed by atoms with Crippen LogP contribution in [0.1, 0.15) is 32.4 Å². The van der Waals surface area contributed by atoms with Gasteiger partial charge in [0, 0.05) is 22.1 Å². The molecule has 0 saturated carbocycles. The van der Waals surface area contributed by atoms with E-state index in [-0.39, 0.29) is 6.04 Å². The maximum atomic E-state index is 9.79. The van der Waals surface area contributed by atoms with Crippen molar-refractivity contribution >= 4 is 15.9 Å². The number of hydrogen-bond donors (Lipinski definition) is 1. The molecule has 3 heteroatoms. The molecule has 84 valence electrons. The number of phenols is 1. The lowest BCUT2D eigenvalue weighted by molar-refractivity contribution is 0.207. The van der Waals surface area contributed by atoms with E-state index in [9.17, 15) is 5.11 Å². The Kier molecular flexibility index (Phi) is 4.17. The summed E-state index contributed by atoms with van der Waals surface area (Å²) in [6.07, 6.45) is 0. The molecule has 0 heterocycles. The van der Waals surface area contributed by atoms with Gasteiger partial charge in [0.2, 0.25) is 0 Å². The van der Waals surface area contributed by atoms with Gasteiger partial charge in [0.05, 0.1) is 0 Å². The van der Waals surface area contributed by atoms with Crippen LogP contribution in [-0.4, -0.2) is 23.1 Å². The lowest BCUT2D eigenvalue weighted by Crippen LogP contribution is -2.29. The zero-order valence-electron chi connectivity index (χ0n) is 9.66. The van der Waals surface area contributed by atoms with Crippen LogP contribution in [0, 0.1) is 0 Å². The predicted octanol–water partition coefficient (Wildman–Crippen LogP) is 3.56. The van der Waals surface area contributed by atoms with Gasteiger partial charge in [-0.05, 0) is 46.0 Å². The summed E-state index contributed by atoms with van der Waals surface area (Å²) < 4.78 is 0.999. The molecule has 0 radical (unpaired) electrons. The summed E-state index contributed by atoms with van der Waals surface area (Å²) in [4.78, 5) is 2.22. The van der Waals surface area contributed by atoms with Gasteiger partial charge in [-0.25, -0.2) is 0 Å². The van der Waals surface area contributed by atoms with Crippen LogP contribution in [0.3, 0.4) is 0 Å². The number of benzene rings is 1. The molecule has 1 rings (SSSR count). The smallest absolute Gasteiger partial charge is 0.120 e. The van der Waals surface area contributed by atoms with Gasteiger partial charge < -0.3 is 5.11 Å². The minimum Gasteiger partial charge on any atom is -0.508 e. The SMILES string of the molecule is CC(C)N(C)C(C)c1cc(Br)ccc1O. The third-order valence-electron chi connectivity index (χ3n) is 2.87. The Morgan fingerprint density at radius 1 is 1.27 bits per heavy atom. The van der Waals surface area contributed by atoms with E-state index < -0.39 is 0 Å². The molecule has 0 aliphatic carbocycles. The third-order valence-corrected chi connectivity index (χ3v) is 3.36. The molecule has 0 saturated heterocycles. The maximum Gasteiger partial charge on any atom is 0.120 e. The summed E-state index contributed by atoms with van der Waals surface area (Å²) in [6.45, 7) is 6.39. The normalized spacial score (nSPS) is 13.5. The fourth-order valence-corrected chi connectivity index (χ4v) is 1.91. The van der Waals surface area contributed by atoms with Crippen LogP contribution in [0.25, 0.3) is 0 Å². The van der Waals surface area contributed by atoms with Gasteiger partial charge >= 0.3 is 0 Å². The molecule has 1 N–H and O–H groups in total. The molecule has 0 bridgehead atoms. The maximum absolute atomic E-state index is 9.79. The molecule has 1 aromatic carbocycles. The van der Waals surface area contributed by atoms with Crippen molar-refractivity contribution in [3.63, 3.8) is 0 Å². The van der Waals surface area contributed by atoms with E-state index in [2.05, 4.69) is 48.6 Å². The van der Waals surface area contributed by atoms with Crippen molar-refractivity contribution in [3.05, 3.63) is 28.2 Å². The summed E-state index contributed by atoms with van der Waals surface area (Å²) in [7, 11) is 2.07. The molecule has 0 aliphatic heterocycles. The average Bonchev–Trinajstić information content (AvgIpc) is 2.19. The number of phenolic OH excluding ortho intramolecular Hbond substituents is 1. The zero-order valence-corrected chi connectivity index (χ0v) is 11.2. The molecule has 2 nitrogen and oxygen atoms in total. The van der Waals surface area contributed by atoms with Crippen molar-refractivity contribution in [2.45, 2.75) is 32.9 Å². The van der Waals surface area contributed by atoms with Crippen molar-refractivity contribution < 1.29 is 5.11 Å². The number of hydrogen-bond acceptors (Lipinski definition) is 2. The van der Waals surface area contributed by atoms with Crippen molar-refractivity contribution in [1.29, 1.82) is 0 Å². The van der Waals surface area contributed by atoms with E-state index in [1.54, 1.807) is 6.07 Å². The first-order valence-corrected chi connectivity index (χ1v) is 5.93. The highest BCUT2D eigenvalue weighted by Crippen LogP contribution is 2.30. The van der Waals surface area contributed by atoms with Crippen molar-refractivity contribution in [1.82, 2.24) is 4.90 Å². The van der Waals surface area contributed by atoms with E-state index in [1.165, 1.54) is 0 Å². The van der Waals surface area contributed by atoms with E-state index in [4.69, 9.17) is 0 Å². The molecular formula is C12H18BrNO. The van der Waals surface area contributed by atoms with Crippen LogP contribution in [0.15, 0.2) is 22.7 Å². The largest absolute Gasteiger partial charge is 0.508 e. The lowest BCUT2D eigenvalue weighted by atomic mass is 10.1. The first-order valence-electron chi connectivity index (χ1n) is 5.13. The summed E-state index contributed by atoms with van der Waals surface area (Å²) in [5.41, 5.74) is 0.959. The van der Waals surface area contributed by atoms with E-state index >= 15 is 0 Å². The van der Waals surface area contributed by atoms with Gasteiger partial charge in [0.25, 0.3) is 0 Å². The Morgan fingerprint density at radius 2 is 1.87 bits per heavy atom.